The van der Waals surface area contributed by atoms with Crippen molar-refractivity contribution in [2.45, 2.75) is 0 Å². The predicted molar refractivity (Wildman–Crippen MR) is 17.6 cm³/mol. The van der Waals surface area contributed by atoms with Gasteiger partial charge in [0, 0.05) is 0 Å². The molecule has 0 spiro atoms. The summed E-state index contributed by atoms with van der Waals surface area (Å²) in [5.41, 5.74) is 0. The summed E-state index contributed by atoms with van der Waals surface area (Å²) >= 11 is -0.633. The van der Waals surface area contributed by atoms with Gasteiger partial charge >= 0.3 is 54.6 Å². The van der Waals surface area contributed by atoms with Crippen LogP contribution in [0.4, 0.5) is 0 Å². The summed E-state index contributed by atoms with van der Waals surface area (Å²) in [5.74, 6) is 0. The second-order valence-corrected chi connectivity index (χ2v) is 8.55. The van der Waals surface area contributed by atoms with E-state index in [1.807, 2.05) is 0 Å². The van der Waals surface area contributed by atoms with Gasteiger partial charge in [-0.25, -0.2) is 0 Å². The molecule has 0 radical (unpaired) electrons. The summed E-state index contributed by atoms with van der Waals surface area (Å²) in [4.78, 5) is 0. The summed E-state index contributed by atoms with van der Waals surface area (Å²) in [6.45, 7) is 0. The maximum atomic E-state index is 2.35. The monoisotopic (exact) mass is 282 g/mol. The molecule has 2 aliphatic heterocycles. The standard InChI is InChI=1S/C4H4N2.Hg/c1-2-5-4-6-3-1;/h1-4H;/q;+2. The van der Waals surface area contributed by atoms with Crippen LogP contribution in [-0.2, 0) is 25.2 Å². The number of rotatable bonds is 0. The molecule has 0 amide bonds. The molecule has 0 saturated carbocycles. The molecule has 2 nitrogen and oxygen atoms in total. The molecular weight excluding hydrogens is 277 g/mol. The second kappa shape index (κ2) is 1.25. The molecule has 0 unspecified atom stereocenters. The van der Waals surface area contributed by atoms with Crippen LogP contribution in [0, 0.1) is 0 Å². The van der Waals surface area contributed by atoms with Crippen LogP contribution in [0.15, 0.2) is 24.8 Å². The molecule has 30 valence electrons. The normalized spacial score (nSPS) is 10.9. The minimum atomic E-state index is -0.633. The molecule has 0 saturated heterocycles. The van der Waals surface area contributed by atoms with Gasteiger partial charge in [0.15, 0.2) is 0 Å². The molecule has 3 rings (SSSR count). The molecule has 0 fully saturated rings. The third kappa shape index (κ3) is 0.494. The van der Waals surface area contributed by atoms with Gasteiger partial charge in [-0.3, -0.25) is 0 Å². The maximum absolute atomic E-state index is 2.35. The average Bonchev–Trinajstić information content (AvgIpc) is 1.67. The number of aromatic nitrogens is 2. The van der Waals surface area contributed by atoms with Crippen molar-refractivity contribution >= 4 is 0 Å². The van der Waals surface area contributed by atoms with Crippen molar-refractivity contribution in [3.63, 3.8) is 0 Å². The molecule has 0 aliphatic carbocycles. The van der Waals surface area contributed by atoms with Gasteiger partial charge in [-0.15, -0.1) is 0 Å². The average molecular weight is 281 g/mol. The summed E-state index contributed by atoms with van der Waals surface area (Å²) in [7, 11) is 0. The van der Waals surface area contributed by atoms with Crippen LogP contribution in [0.2, 0.25) is 0 Å². The van der Waals surface area contributed by atoms with Gasteiger partial charge in [0.25, 0.3) is 0 Å². The Labute approximate surface area is 54.7 Å². The van der Waals surface area contributed by atoms with Gasteiger partial charge in [0.1, 0.15) is 0 Å². The van der Waals surface area contributed by atoms with Crippen LogP contribution in [0.25, 0.3) is 0 Å². The number of hydrogen-bond acceptors (Lipinski definition) is 0. The third-order valence-corrected chi connectivity index (χ3v) is 6.63. The van der Waals surface area contributed by atoms with E-state index in [4.69, 9.17) is 0 Å². The van der Waals surface area contributed by atoms with E-state index in [1.165, 1.54) is 0 Å². The second-order valence-electron chi connectivity index (χ2n) is 1.78. The van der Waals surface area contributed by atoms with E-state index < -0.39 is 25.2 Å². The van der Waals surface area contributed by atoms with Crippen LogP contribution in [-0.4, -0.2) is 0 Å². The summed E-state index contributed by atoms with van der Waals surface area (Å²) in [6, 6.07) is 2.09. The molecule has 3 heterocycles. The summed E-state index contributed by atoms with van der Waals surface area (Å²) < 4.78 is 4.69. The van der Waals surface area contributed by atoms with E-state index >= 15 is 0 Å². The number of nitrogens with zero attached hydrogens (tertiary/aromatic N) is 2. The zero-order chi connectivity index (χ0) is 4.69. The molecule has 0 N–H and O–H groups in total. The fourth-order valence-electron chi connectivity index (χ4n) is 0.787. The first-order valence-electron chi connectivity index (χ1n) is 2.33. The van der Waals surface area contributed by atoms with E-state index in [1.54, 1.807) is 0 Å². The molecule has 1 aromatic heterocycles. The molecular formula is C4H4HgN2+2. The molecule has 1 aromatic rings. The van der Waals surface area contributed by atoms with Crippen LogP contribution in [0.5, 0.6) is 0 Å². The Kier molecular flexibility index (Phi) is 0.704. The number of hydrogen-bond donors (Lipinski definition) is 0. The van der Waals surface area contributed by atoms with Crippen molar-refractivity contribution in [2.24, 2.45) is 0 Å². The molecule has 3 heteroatoms. The zero-order valence-electron chi connectivity index (χ0n) is 3.91. The summed E-state index contributed by atoms with van der Waals surface area (Å²) in [5, 5.41) is 0. The van der Waals surface area contributed by atoms with Crippen molar-refractivity contribution in [3.05, 3.63) is 24.8 Å². The summed E-state index contributed by atoms with van der Waals surface area (Å²) in [6.07, 6.45) is 6.46. The SMILES string of the molecule is c1c[n+]2c[n+](c1)[Hg]2. The number of fused-ring (bicyclic) bond motifs is 2. The van der Waals surface area contributed by atoms with Gasteiger partial charge in [0.05, 0.1) is 0 Å². The van der Waals surface area contributed by atoms with Crippen molar-refractivity contribution in [1.29, 1.82) is 0 Å². The van der Waals surface area contributed by atoms with Gasteiger partial charge in [-0.2, -0.15) is 0 Å². The van der Waals surface area contributed by atoms with Gasteiger partial charge in [0.2, 0.25) is 0 Å². The zero-order valence-corrected chi connectivity index (χ0v) is 9.41. The fraction of sp³-hybridized carbons (Fsp3) is 0. The third-order valence-electron chi connectivity index (χ3n) is 1.18. The Bertz CT molecular complexity index is 174. The first kappa shape index (κ1) is 3.95. The molecule has 2 aliphatic rings. The Hall–Kier alpha value is 0.0151. The van der Waals surface area contributed by atoms with E-state index in [0.717, 1.165) is 0 Å². The van der Waals surface area contributed by atoms with Crippen molar-refractivity contribution in [2.75, 3.05) is 0 Å². The molecule has 0 atom stereocenters. The van der Waals surface area contributed by atoms with E-state index in [0.29, 0.717) is 0 Å². The molecule has 2 bridgehead atoms. The first-order valence-corrected chi connectivity index (χ1v) is 7.25. The predicted octanol–water partition coefficient (Wildman–Crippen LogP) is -1.12. The minimum absolute atomic E-state index is 0.633. The van der Waals surface area contributed by atoms with E-state index in [2.05, 4.69) is 29.4 Å². The van der Waals surface area contributed by atoms with Crippen LogP contribution >= 0.6 is 0 Å². The van der Waals surface area contributed by atoms with Crippen molar-refractivity contribution in [1.82, 2.24) is 0 Å². The van der Waals surface area contributed by atoms with Gasteiger partial charge in [-0.05, 0) is 0 Å². The van der Waals surface area contributed by atoms with Gasteiger partial charge in [-0.1, -0.05) is 0 Å². The molecule has 7 heavy (non-hydrogen) atoms. The Morgan fingerprint density at radius 2 is 1.71 bits per heavy atom. The quantitative estimate of drug-likeness (QED) is 0.541. The fourth-order valence-corrected chi connectivity index (χ4v) is 4.93. The van der Waals surface area contributed by atoms with Gasteiger partial charge < -0.3 is 0 Å². The van der Waals surface area contributed by atoms with Crippen molar-refractivity contribution < 1.29 is 29.8 Å². The topological polar surface area (TPSA) is 7.76 Å². The van der Waals surface area contributed by atoms with Crippen LogP contribution in [0.3, 0.4) is 0 Å². The van der Waals surface area contributed by atoms with Crippen LogP contribution in [0.1, 0.15) is 0 Å². The Morgan fingerprint density at radius 3 is 1.86 bits per heavy atom. The van der Waals surface area contributed by atoms with E-state index in [-0.39, 0.29) is 0 Å². The van der Waals surface area contributed by atoms with Crippen LogP contribution < -0.4 is 4.66 Å². The first-order chi connectivity index (χ1) is 3.45. The van der Waals surface area contributed by atoms with E-state index in [9.17, 15) is 0 Å². The Morgan fingerprint density at radius 1 is 1.14 bits per heavy atom. The van der Waals surface area contributed by atoms with Crippen molar-refractivity contribution in [3.8, 4) is 0 Å². The molecule has 0 aromatic carbocycles. The Balaban J connectivity index is 2.78.